The van der Waals surface area contributed by atoms with Gasteiger partial charge < -0.3 is 19.3 Å². The van der Waals surface area contributed by atoms with Gasteiger partial charge in [-0.2, -0.15) is 0 Å². The van der Waals surface area contributed by atoms with Crippen LogP contribution in [-0.2, 0) is 11.3 Å². The number of piperidine rings is 1. The molecule has 0 spiro atoms. The summed E-state index contributed by atoms with van der Waals surface area (Å²) in [5.74, 6) is 1.31. The summed E-state index contributed by atoms with van der Waals surface area (Å²) in [6.07, 6.45) is 1.58. The van der Waals surface area contributed by atoms with Crippen molar-refractivity contribution in [2.45, 2.75) is 19.4 Å². The van der Waals surface area contributed by atoms with Crippen LogP contribution in [0.1, 0.15) is 28.8 Å². The quantitative estimate of drug-likeness (QED) is 0.564. The lowest BCUT2D eigenvalue weighted by Crippen LogP contribution is -2.45. The van der Waals surface area contributed by atoms with Gasteiger partial charge in [0.15, 0.2) is 0 Å². The van der Waals surface area contributed by atoms with Crippen LogP contribution in [0.15, 0.2) is 60.7 Å². The summed E-state index contributed by atoms with van der Waals surface area (Å²) in [7, 11) is 5.08. The molecular formula is C27H30N2O4. The van der Waals surface area contributed by atoms with Gasteiger partial charge in [-0.05, 0) is 36.4 Å². The maximum atomic E-state index is 13.5. The fourth-order valence-electron chi connectivity index (χ4n) is 4.65. The predicted molar refractivity (Wildman–Crippen MR) is 129 cm³/mol. The molecule has 0 radical (unpaired) electrons. The average Bonchev–Trinajstić information content (AvgIpc) is 2.87. The minimum absolute atomic E-state index is 0.0428. The Morgan fingerprint density at radius 3 is 2.39 bits per heavy atom. The number of nitrogens with zero attached hydrogens (tertiary/aromatic N) is 2. The van der Waals surface area contributed by atoms with Crippen molar-refractivity contribution in [3.63, 3.8) is 0 Å². The second-order valence-electron chi connectivity index (χ2n) is 8.46. The van der Waals surface area contributed by atoms with Crippen LogP contribution >= 0.6 is 0 Å². The van der Waals surface area contributed by atoms with Gasteiger partial charge in [-0.25, -0.2) is 0 Å². The second-order valence-corrected chi connectivity index (χ2v) is 8.46. The van der Waals surface area contributed by atoms with Crippen LogP contribution in [0.2, 0.25) is 0 Å². The Bertz CT molecular complexity index is 1160. The van der Waals surface area contributed by atoms with E-state index in [0.29, 0.717) is 25.2 Å². The molecule has 6 heteroatoms. The van der Waals surface area contributed by atoms with Gasteiger partial charge in [0.05, 0.1) is 20.1 Å². The summed E-state index contributed by atoms with van der Waals surface area (Å²) in [4.78, 5) is 30.3. The van der Waals surface area contributed by atoms with E-state index in [1.165, 1.54) is 0 Å². The molecule has 1 saturated heterocycles. The topological polar surface area (TPSA) is 59.1 Å². The third-order valence-electron chi connectivity index (χ3n) is 6.37. The first kappa shape index (κ1) is 22.6. The van der Waals surface area contributed by atoms with Gasteiger partial charge >= 0.3 is 0 Å². The molecule has 1 heterocycles. The Labute approximate surface area is 194 Å². The zero-order valence-corrected chi connectivity index (χ0v) is 19.4. The summed E-state index contributed by atoms with van der Waals surface area (Å²) >= 11 is 0. The van der Waals surface area contributed by atoms with Gasteiger partial charge in [0.1, 0.15) is 11.5 Å². The summed E-state index contributed by atoms with van der Waals surface area (Å²) < 4.78 is 10.9. The van der Waals surface area contributed by atoms with E-state index in [-0.39, 0.29) is 17.7 Å². The molecule has 6 nitrogen and oxygen atoms in total. The molecule has 0 bridgehead atoms. The molecule has 0 aromatic heterocycles. The van der Waals surface area contributed by atoms with E-state index in [0.717, 1.165) is 40.7 Å². The number of amides is 2. The van der Waals surface area contributed by atoms with E-state index in [2.05, 4.69) is 0 Å². The lowest BCUT2D eigenvalue weighted by atomic mass is 9.95. The summed E-state index contributed by atoms with van der Waals surface area (Å²) in [5, 5.41) is 1.77. The fraction of sp³-hybridized carbons (Fsp3) is 0.333. The number of hydrogen-bond donors (Lipinski definition) is 0. The third-order valence-corrected chi connectivity index (χ3v) is 6.37. The first-order valence-electron chi connectivity index (χ1n) is 11.3. The van der Waals surface area contributed by atoms with Crippen molar-refractivity contribution in [3.05, 3.63) is 71.8 Å². The Hall–Kier alpha value is -3.54. The maximum absolute atomic E-state index is 13.5. The van der Waals surface area contributed by atoms with Crippen molar-refractivity contribution in [2.24, 2.45) is 5.92 Å². The monoisotopic (exact) mass is 446 g/mol. The van der Waals surface area contributed by atoms with Crippen molar-refractivity contribution >= 4 is 22.6 Å². The number of likely N-dealkylation sites (tertiary alicyclic amines) is 1. The van der Waals surface area contributed by atoms with E-state index in [9.17, 15) is 9.59 Å². The number of ether oxygens (including phenoxy) is 2. The number of carbonyl (C=O) groups is 2. The van der Waals surface area contributed by atoms with Crippen molar-refractivity contribution in [2.75, 3.05) is 34.4 Å². The van der Waals surface area contributed by atoms with Crippen LogP contribution in [0, 0.1) is 5.92 Å². The maximum Gasteiger partial charge on any atom is 0.254 e. The molecule has 3 aromatic rings. The number of fused-ring (bicyclic) bond motifs is 1. The van der Waals surface area contributed by atoms with E-state index >= 15 is 0 Å². The van der Waals surface area contributed by atoms with Gasteiger partial charge in [-0.15, -0.1) is 0 Å². The van der Waals surface area contributed by atoms with Crippen LogP contribution in [0.5, 0.6) is 11.5 Å². The molecule has 33 heavy (non-hydrogen) atoms. The minimum atomic E-state index is -0.216. The van der Waals surface area contributed by atoms with Crippen LogP contribution in [0.3, 0.4) is 0 Å². The highest BCUT2D eigenvalue weighted by Gasteiger charge is 2.31. The van der Waals surface area contributed by atoms with E-state index in [1.54, 1.807) is 19.1 Å². The van der Waals surface area contributed by atoms with Gasteiger partial charge in [0, 0.05) is 43.2 Å². The van der Waals surface area contributed by atoms with Gasteiger partial charge in [0.25, 0.3) is 5.91 Å². The Balaban J connectivity index is 1.50. The van der Waals surface area contributed by atoms with Crippen molar-refractivity contribution in [1.29, 1.82) is 0 Å². The number of benzene rings is 3. The first-order valence-corrected chi connectivity index (χ1v) is 11.3. The van der Waals surface area contributed by atoms with Crippen molar-refractivity contribution < 1.29 is 19.1 Å². The molecule has 1 aliphatic heterocycles. The first-order chi connectivity index (χ1) is 16.0. The summed E-state index contributed by atoms with van der Waals surface area (Å²) in [6, 6.07) is 19.1. The smallest absolute Gasteiger partial charge is 0.254 e. The summed E-state index contributed by atoms with van der Waals surface area (Å²) in [5.41, 5.74) is 1.60. The van der Waals surface area contributed by atoms with Gasteiger partial charge in [-0.1, -0.05) is 42.5 Å². The molecule has 0 saturated carbocycles. The standard InChI is InChI=1S/C27H30N2O4/c1-28(17-19-9-4-7-13-24(19)32-2)26(30)20-10-8-16-29(18-20)27(31)23-14-15-25(33-3)22-12-6-5-11-21(22)23/h4-7,9,11-15,20H,8,10,16-18H2,1-3H3/t20-/m1/s1. The zero-order chi connectivity index (χ0) is 23.4. The highest BCUT2D eigenvalue weighted by Crippen LogP contribution is 2.30. The van der Waals surface area contributed by atoms with Gasteiger partial charge in [-0.3, -0.25) is 9.59 Å². The minimum Gasteiger partial charge on any atom is -0.496 e. The Kier molecular flexibility index (Phi) is 6.82. The fourth-order valence-corrected chi connectivity index (χ4v) is 4.65. The normalized spacial score (nSPS) is 15.8. The zero-order valence-electron chi connectivity index (χ0n) is 19.4. The Morgan fingerprint density at radius 1 is 0.939 bits per heavy atom. The molecule has 0 unspecified atom stereocenters. The van der Waals surface area contributed by atoms with E-state index in [1.807, 2.05) is 72.6 Å². The third kappa shape index (κ3) is 4.65. The number of rotatable bonds is 6. The SMILES string of the molecule is COc1ccccc1CN(C)C(=O)[C@@H]1CCCN(C(=O)c2ccc(OC)c3ccccc23)C1. The number of para-hydroxylation sites is 1. The average molecular weight is 447 g/mol. The van der Waals surface area contributed by atoms with Crippen LogP contribution < -0.4 is 9.47 Å². The lowest BCUT2D eigenvalue weighted by Gasteiger charge is -2.34. The molecular weight excluding hydrogens is 416 g/mol. The molecule has 4 rings (SSSR count). The molecule has 0 N–H and O–H groups in total. The van der Waals surface area contributed by atoms with E-state index in [4.69, 9.17) is 9.47 Å². The molecule has 3 aromatic carbocycles. The molecule has 2 amide bonds. The number of methoxy groups -OCH3 is 2. The molecule has 1 aliphatic rings. The largest absolute Gasteiger partial charge is 0.496 e. The van der Waals surface area contributed by atoms with Crippen molar-refractivity contribution in [1.82, 2.24) is 9.80 Å². The van der Waals surface area contributed by atoms with Crippen LogP contribution in [-0.4, -0.2) is 56.0 Å². The second kappa shape index (κ2) is 9.94. The Morgan fingerprint density at radius 2 is 1.64 bits per heavy atom. The number of carbonyl (C=O) groups excluding carboxylic acids is 2. The summed E-state index contributed by atoms with van der Waals surface area (Å²) in [6.45, 7) is 1.55. The molecule has 172 valence electrons. The van der Waals surface area contributed by atoms with E-state index < -0.39 is 0 Å². The molecule has 1 atom stereocenters. The highest BCUT2D eigenvalue weighted by atomic mass is 16.5. The van der Waals surface area contributed by atoms with Crippen LogP contribution in [0.4, 0.5) is 0 Å². The molecule has 0 aliphatic carbocycles. The lowest BCUT2D eigenvalue weighted by molar-refractivity contribution is -0.136. The van der Waals surface area contributed by atoms with Gasteiger partial charge in [0.2, 0.25) is 5.91 Å². The number of hydrogen-bond acceptors (Lipinski definition) is 4. The van der Waals surface area contributed by atoms with Crippen LogP contribution in [0.25, 0.3) is 10.8 Å². The predicted octanol–water partition coefficient (Wildman–Crippen LogP) is 4.37. The van der Waals surface area contributed by atoms with Crippen molar-refractivity contribution in [3.8, 4) is 11.5 Å². The highest BCUT2D eigenvalue weighted by molar-refractivity contribution is 6.08. The molecule has 1 fully saturated rings.